The van der Waals surface area contributed by atoms with Crippen LogP contribution < -0.4 is 0 Å². The van der Waals surface area contributed by atoms with Gasteiger partial charge in [0.05, 0.1) is 6.33 Å². The van der Waals surface area contributed by atoms with Crippen LogP contribution in [0.1, 0.15) is 23.5 Å². The van der Waals surface area contributed by atoms with E-state index in [-0.39, 0.29) is 0 Å². The van der Waals surface area contributed by atoms with Crippen molar-refractivity contribution < 1.29 is 0 Å². The first kappa shape index (κ1) is 12.7. The lowest BCUT2D eigenvalue weighted by Crippen LogP contribution is -2.05. The Balaban J connectivity index is 1.84. The summed E-state index contributed by atoms with van der Waals surface area (Å²) in [5, 5.41) is 0. The first-order chi connectivity index (χ1) is 9.93. The van der Waals surface area contributed by atoms with Crippen LogP contribution in [0.5, 0.6) is 0 Å². The highest BCUT2D eigenvalue weighted by Gasteiger charge is 2.13. The van der Waals surface area contributed by atoms with Crippen LogP contribution in [0.25, 0.3) is 0 Å². The molecule has 0 aliphatic heterocycles. The van der Waals surface area contributed by atoms with E-state index in [9.17, 15) is 0 Å². The number of benzene rings is 2. The second-order valence-corrected chi connectivity index (χ2v) is 4.90. The number of imidazole rings is 1. The molecule has 3 rings (SSSR count). The van der Waals surface area contributed by atoms with Crippen LogP contribution in [0.15, 0.2) is 73.2 Å². The fourth-order valence-electron chi connectivity index (χ4n) is 2.55. The zero-order valence-electron chi connectivity index (χ0n) is 11.3. The lowest BCUT2D eigenvalue weighted by molar-refractivity contribution is 0.595. The average Bonchev–Trinajstić information content (AvgIpc) is 3.03. The molecule has 0 aliphatic carbocycles. The molecule has 2 aromatic carbocycles. The van der Waals surface area contributed by atoms with Gasteiger partial charge in [0.25, 0.3) is 0 Å². The number of hydrogen-bond donors (Lipinski definition) is 0. The molecule has 1 radical (unpaired) electrons. The highest BCUT2D eigenvalue weighted by atomic mass is 15.0. The maximum atomic E-state index is 3.98. The summed E-state index contributed by atoms with van der Waals surface area (Å²) in [6.07, 6.45) is 7.62. The van der Waals surface area contributed by atoms with E-state index >= 15 is 0 Å². The molecule has 20 heavy (non-hydrogen) atoms. The van der Waals surface area contributed by atoms with Gasteiger partial charge in [0.1, 0.15) is 6.20 Å². The highest BCUT2D eigenvalue weighted by Crippen LogP contribution is 2.28. The molecule has 0 saturated carbocycles. The zero-order chi connectivity index (χ0) is 13.6. The van der Waals surface area contributed by atoms with Crippen LogP contribution in [0.3, 0.4) is 0 Å². The smallest absolute Gasteiger partial charge is 0.108 e. The third-order valence-corrected chi connectivity index (χ3v) is 3.58. The van der Waals surface area contributed by atoms with Crippen LogP contribution in [-0.4, -0.2) is 9.55 Å². The second-order valence-electron chi connectivity index (χ2n) is 4.90. The molecule has 1 aromatic heterocycles. The number of nitrogens with zero attached hydrogens (tertiary/aromatic N) is 2. The van der Waals surface area contributed by atoms with Crippen LogP contribution in [-0.2, 0) is 6.54 Å². The van der Waals surface area contributed by atoms with Crippen molar-refractivity contribution in [3.8, 4) is 0 Å². The summed E-state index contributed by atoms with van der Waals surface area (Å²) in [4.78, 5) is 3.98. The molecule has 2 nitrogen and oxygen atoms in total. The van der Waals surface area contributed by atoms with E-state index in [0.717, 1.165) is 13.0 Å². The van der Waals surface area contributed by atoms with E-state index in [1.54, 1.807) is 0 Å². The standard InChI is InChI=1S/C18H17N2/c1-3-7-16(8-4-1)18(17-9-5-2-6-10-17)11-13-20-14-12-19-15-20/h1-10,14-15,18H,11,13H2. The summed E-state index contributed by atoms with van der Waals surface area (Å²) in [6.45, 7) is 0.949. The molecule has 0 saturated heterocycles. The second kappa shape index (κ2) is 6.20. The van der Waals surface area contributed by atoms with Crippen LogP contribution in [0.4, 0.5) is 0 Å². The van der Waals surface area contributed by atoms with Crippen molar-refractivity contribution in [3.05, 3.63) is 90.5 Å². The minimum Gasteiger partial charge on any atom is -0.337 e. The van der Waals surface area contributed by atoms with Gasteiger partial charge in [-0.1, -0.05) is 60.7 Å². The Hall–Kier alpha value is -2.35. The van der Waals surface area contributed by atoms with Crippen molar-refractivity contribution in [3.63, 3.8) is 0 Å². The molecule has 0 unspecified atom stereocenters. The fraction of sp³-hybridized carbons (Fsp3) is 0.167. The average molecular weight is 261 g/mol. The number of hydrogen-bond acceptors (Lipinski definition) is 1. The van der Waals surface area contributed by atoms with Gasteiger partial charge in [0.2, 0.25) is 0 Å². The molecule has 0 amide bonds. The third-order valence-electron chi connectivity index (χ3n) is 3.58. The Bertz CT molecular complexity index is 576. The number of aromatic nitrogens is 2. The molecule has 2 heteroatoms. The van der Waals surface area contributed by atoms with Crippen LogP contribution >= 0.6 is 0 Å². The van der Waals surface area contributed by atoms with Gasteiger partial charge < -0.3 is 4.57 Å². The molecular formula is C18H17N2. The summed E-state index contributed by atoms with van der Waals surface area (Å²) >= 11 is 0. The minimum absolute atomic E-state index is 0.416. The van der Waals surface area contributed by atoms with Crippen molar-refractivity contribution in [1.82, 2.24) is 9.55 Å². The predicted molar refractivity (Wildman–Crippen MR) is 80.4 cm³/mol. The molecule has 0 fully saturated rings. The minimum atomic E-state index is 0.416. The lowest BCUT2D eigenvalue weighted by Gasteiger charge is -2.18. The van der Waals surface area contributed by atoms with Gasteiger partial charge in [-0.15, -0.1) is 0 Å². The van der Waals surface area contributed by atoms with Crippen molar-refractivity contribution in [2.45, 2.75) is 18.9 Å². The SMILES string of the molecule is [c]1cn(CCC(c2ccccc2)c2ccccc2)cn1. The van der Waals surface area contributed by atoms with Gasteiger partial charge in [0, 0.05) is 18.7 Å². The van der Waals surface area contributed by atoms with E-state index in [2.05, 4.69) is 76.4 Å². The predicted octanol–water partition coefficient (Wildman–Crippen LogP) is 3.91. The summed E-state index contributed by atoms with van der Waals surface area (Å²) in [7, 11) is 0. The zero-order valence-corrected chi connectivity index (χ0v) is 11.3. The molecule has 99 valence electrons. The van der Waals surface area contributed by atoms with Crippen molar-refractivity contribution in [2.24, 2.45) is 0 Å². The number of rotatable bonds is 5. The van der Waals surface area contributed by atoms with E-state index < -0.39 is 0 Å². The molecule has 0 spiro atoms. The van der Waals surface area contributed by atoms with E-state index in [0.29, 0.717) is 5.92 Å². The van der Waals surface area contributed by atoms with Crippen molar-refractivity contribution >= 4 is 0 Å². The van der Waals surface area contributed by atoms with Gasteiger partial charge >= 0.3 is 0 Å². The molecule has 0 atom stereocenters. The Morgan fingerprint density at radius 3 is 2.00 bits per heavy atom. The first-order valence-corrected chi connectivity index (χ1v) is 6.91. The number of aryl methyl sites for hydroxylation is 1. The molecule has 1 heterocycles. The maximum Gasteiger partial charge on any atom is 0.108 e. The fourth-order valence-corrected chi connectivity index (χ4v) is 2.55. The molecular weight excluding hydrogens is 244 g/mol. The van der Waals surface area contributed by atoms with E-state index in [1.165, 1.54) is 11.1 Å². The Labute approximate surface area is 119 Å². The maximum absolute atomic E-state index is 3.98. The quantitative estimate of drug-likeness (QED) is 0.681. The Morgan fingerprint density at radius 1 is 0.900 bits per heavy atom. The summed E-state index contributed by atoms with van der Waals surface area (Å²) < 4.78 is 2.08. The lowest BCUT2D eigenvalue weighted by atomic mass is 9.88. The van der Waals surface area contributed by atoms with Crippen LogP contribution in [0.2, 0.25) is 0 Å². The molecule has 0 aliphatic rings. The van der Waals surface area contributed by atoms with Crippen molar-refractivity contribution in [1.29, 1.82) is 0 Å². The third kappa shape index (κ3) is 2.97. The van der Waals surface area contributed by atoms with Gasteiger partial charge in [-0.2, -0.15) is 0 Å². The molecule has 3 aromatic rings. The summed E-state index contributed by atoms with van der Waals surface area (Å²) in [5.41, 5.74) is 2.73. The van der Waals surface area contributed by atoms with E-state index in [4.69, 9.17) is 0 Å². The van der Waals surface area contributed by atoms with Gasteiger partial charge in [-0.25, -0.2) is 4.98 Å². The first-order valence-electron chi connectivity index (χ1n) is 6.91. The Kier molecular flexibility index (Phi) is 3.93. The summed E-state index contributed by atoms with van der Waals surface area (Å²) in [5.74, 6) is 0.416. The monoisotopic (exact) mass is 261 g/mol. The van der Waals surface area contributed by atoms with Gasteiger partial charge in [-0.3, -0.25) is 0 Å². The Morgan fingerprint density at radius 2 is 1.50 bits per heavy atom. The molecule has 0 N–H and O–H groups in total. The van der Waals surface area contributed by atoms with Gasteiger partial charge in [-0.05, 0) is 17.5 Å². The van der Waals surface area contributed by atoms with Gasteiger partial charge in [0.15, 0.2) is 0 Å². The highest BCUT2D eigenvalue weighted by molar-refractivity contribution is 5.32. The topological polar surface area (TPSA) is 17.8 Å². The normalized spacial score (nSPS) is 10.8. The largest absolute Gasteiger partial charge is 0.337 e. The van der Waals surface area contributed by atoms with Crippen molar-refractivity contribution in [2.75, 3.05) is 0 Å². The summed E-state index contributed by atoms with van der Waals surface area (Å²) in [6, 6.07) is 21.4. The molecule has 0 bridgehead atoms. The van der Waals surface area contributed by atoms with Crippen LogP contribution in [0, 0.1) is 6.20 Å². The van der Waals surface area contributed by atoms with E-state index in [1.807, 2.05) is 12.5 Å².